The Morgan fingerprint density at radius 2 is 1.21 bits per heavy atom. The SMILES string of the molecule is COc1ccc(COC[C@H](C)[C@H]2OC2(C)[C@@H](O[Si](C)(C)C(C)(C)C)[C@@H](CO[Si](C)(C)C(C)(C)C)[C@H](O)[C@H](CO[Si](C)(C)C(C)(C)C)[C@H](O)CC(=O)OCc2ccccc2)cc1. The molecule has 348 valence electrons. The quantitative estimate of drug-likeness (QED) is 0.0632. The molecule has 1 unspecified atom stereocenters. The Hall–Kier alpha value is -1.92. The predicted octanol–water partition coefficient (Wildman–Crippen LogP) is 10.5. The molecule has 1 saturated heterocycles. The van der Waals surface area contributed by atoms with Crippen molar-refractivity contribution in [3.8, 4) is 5.75 Å². The molecule has 0 aliphatic carbocycles. The molecule has 0 spiro atoms. The summed E-state index contributed by atoms with van der Waals surface area (Å²) in [6, 6.07) is 17.3. The molecule has 1 fully saturated rings. The van der Waals surface area contributed by atoms with E-state index in [1.165, 1.54) is 0 Å². The Morgan fingerprint density at radius 3 is 1.70 bits per heavy atom. The molecule has 1 aliphatic heterocycles. The molecule has 13 heteroatoms. The third kappa shape index (κ3) is 14.5. The van der Waals surface area contributed by atoms with E-state index in [0.717, 1.165) is 16.9 Å². The number of methoxy groups -OCH3 is 1. The topological polar surface area (TPSA) is 125 Å². The summed E-state index contributed by atoms with van der Waals surface area (Å²) in [5.41, 5.74) is 1.08. The van der Waals surface area contributed by atoms with Gasteiger partial charge in [-0.05, 0) is 84.6 Å². The lowest BCUT2D eigenvalue weighted by Gasteiger charge is -2.47. The van der Waals surface area contributed by atoms with Crippen LogP contribution in [0.3, 0.4) is 0 Å². The van der Waals surface area contributed by atoms with Crippen molar-refractivity contribution in [1.29, 1.82) is 0 Å². The van der Waals surface area contributed by atoms with Crippen LogP contribution in [0.5, 0.6) is 5.75 Å². The van der Waals surface area contributed by atoms with Gasteiger partial charge in [-0.15, -0.1) is 0 Å². The van der Waals surface area contributed by atoms with Crippen LogP contribution >= 0.6 is 0 Å². The predicted molar refractivity (Wildman–Crippen MR) is 253 cm³/mol. The number of rotatable bonds is 23. The van der Waals surface area contributed by atoms with Gasteiger partial charge in [0.15, 0.2) is 25.0 Å². The average molecular weight is 905 g/mol. The van der Waals surface area contributed by atoms with Gasteiger partial charge in [0.25, 0.3) is 0 Å². The minimum Gasteiger partial charge on any atom is -0.497 e. The maximum atomic E-state index is 13.4. The second kappa shape index (κ2) is 20.9. The van der Waals surface area contributed by atoms with Crippen LogP contribution in [0, 0.1) is 17.8 Å². The molecule has 10 nitrogen and oxygen atoms in total. The van der Waals surface area contributed by atoms with E-state index in [4.69, 9.17) is 32.2 Å². The van der Waals surface area contributed by atoms with Crippen molar-refractivity contribution in [2.24, 2.45) is 17.8 Å². The number of carbonyl (C=O) groups excluding carboxylic acids is 1. The van der Waals surface area contributed by atoms with E-state index < -0.39 is 66.7 Å². The van der Waals surface area contributed by atoms with E-state index in [1.54, 1.807) is 7.11 Å². The van der Waals surface area contributed by atoms with Crippen molar-refractivity contribution in [3.63, 3.8) is 0 Å². The highest BCUT2D eigenvalue weighted by molar-refractivity contribution is 6.75. The van der Waals surface area contributed by atoms with Gasteiger partial charge in [0.05, 0.1) is 51.2 Å². The van der Waals surface area contributed by atoms with E-state index in [1.807, 2.05) is 54.6 Å². The van der Waals surface area contributed by atoms with Crippen molar-refractivity contribution < 1.29 is 47.2 Å². The molecule has 0 saturated carbocycles. The number of hydrogen-bond acceptors (Lipinski definition) is 10. The zero-order valence-electron chi connectivity index (χ0n) is 41.1. The minimum absolute atomic E-state index is 0.00411. The molecule has 0 amide bonds. The van der Waals surface area contributed by atoms with Crippen LogP contribution in [0.25, 0.3) is 0 Å². The molecular weight excluding hydrogens is 821 g/mol. The maximum Gasteiger partial charge on any atom is 0.308 e. The van der Waals surface area contributed by atoms with Crippen LogP contribution in [0.4, 0.5) is 0 Å². The molecule has 0 bridgehead atoms. The first-order valence-corrected chi connectivity index (χ1v) is 31.0. The van der Waals surface area contributed by atoms with Gasteiger partial charge in [-0.25, -0.2) is 0 Å². The number of epoxide rings is 1. The highest BCUT2D eigenvalue weighted by atomic mass is 28.4. The standard InChI is InChI=1S/C48H84O10Si3/c1-34(29-53-30-36-24-26-37(52-12)27-25-36)43-48(11,57-43)44(58-61(17,18)47(8,9)10)39(33-56-60(15,16)46(5,6)7)42(51)38(32-55-59(13,14)45(2,3)4)40(49)28-41(50)54-31-35-22-20-19-21-23-35/h19-27,34,38-40,42-44,49,51H,28-33H2,1-18H3/t34-,38+,39-,40+,42+,43+,44-,48?/m0/s1. The lowest BCUT2D eigenvalue weighted by Crippen LogP contribution is -2.58. The lowest BCUT2D eigenvalue weighted by atomic mass is 9.78. The third-order valence-electron chi connectivity index (χ3n) is 14.3. The summed E-state index contributed by atoms with van der Waals surface area (Å²) in [7, 11) is -5.65. The summed E-state index contributed by atoms with van der Waals surface area (Å²) >= 11 is 0. The average Bonchev–Trinajstić information content (AvgIpc) is 3.85. The molecule has 8 atom stereocenters. The largest absolute Gasteiger partial charge is 0.497 e. The van der Waals surface area contributed by atoms with E-state index in [-0.39, 0.29) is 53.4 Å². The van der Waals surface area contributed by atoms with Crippen molar-refractivity contribution >= 4 is 30.9 Å². The van der Waals surface area contributed by atoms with Crippen molar-refractivity contribution in [2.75, 3.05) is 26.9 Å². The number of benzene rings is 2. The minimum atomic E-state index is -2.54. The van der Waals surface area contributed by atoms with Gasteiger partial charge in [0.2, 0.25) is 0 Å². The normalized spacial score (nSPS) is 21.0. The van der Waals surface area contributed by atoms with Gasteiger partial charge >= 0.3 is 5.97 Å². The van der Waals surface area contributed by atoms with Crippen LogP contribution < -0.4 is 4.74 Å². The maximum absolute atomic E-state index is 13.4. The van der Waals surface area contributed by atoms with Crippen LogP contribution in [0.2, 0.25) is 54.4 Å². The number of hydrogen-bond donors (Lipinski definition) is 2. The lowest BCUT2D eigenvalue weighted by molar-refractivity contribution is -0.150. The Balaban J connectivity index is 2.07. The molecule has 2 aromatic rings. The summed E-state index contributed by atoms with van der Waals surface area (Å²) in [6.45, 7) is 38.3. The molecular formula is C48H84O10Si3. The van der Waals surface area contributed by atoms with Crippen LogP contribution in [0.15, 0.2) is 54.6 Å². The molecule has 2 N–H and O–H groups in total. The molecule has 1 heterocycles. The van der Waals surface area contributed by atoms with E-state index in [2.05, 4.69) is 115 Å². The number of esters is 1. The zero-order valence-corrected chi connectivity index (χ0v) is 44.1. The second-order valence-corrected chi connectivity index (χ2v) is 36.6. The molecule has 61 heavy (non-hydrogen) atoms. The van der Waals surface area contributed by atoms with Crippen LogP contribution in [-0.2, 0) is 45.5 Å². The number of carbonyl (C=O) groups is 1. The highest BCUT2D eigenvalue weighted by Crippen LogP contribution is 2.52. The van der Waals surface area contributed by atoms with Gasteiger partial charge in [0, 0.05) is 31.0 Å². The smallest absolute Gasteiger partial charge is 0.308 e. The number of ether oxygens (including phenoxy) is 4. The van der Waals surface area contributed by atoms with E-state index in [0.29, 0.717) is 13.2 Å². The monoisotopic (exact) mass is 905 g/mol. The fourth-order valence-electron chi connectivity index (χ4n) is 6.73. The van der Waals surface area contributed by atoms with Crippen molar-refractivity contribution in [2.45, 2.75) is 180 Å². The first-order chi connectivity index (χ1) is 27.9. The summed E-state index contributed by atoms with van der Waals surface area (Å²) in [5, 5.41) is 24.8. The Labute approximate surface area is 373 Å². The Kier molecular flexibility index (Phi) is 18.3. The van der Waals surface area contributed by atoms with Crippen molar-refractivity contribution in [1.82, 2.24) is 0 Å². The van der Waals surface area contributed by atoms with E-state index >= 15 is 0 Å². The Bertz CT molecular complexity index is 1650. The van der Waals surface area contributed by atoms with Gasteiger partial charge < -0.3 is 42.4 Å². The summed E-state index contributed by atoms with van der Waals surface area (Å²) in [4.78, 5) is 13.4. The summed E-state index contributed by atoms with van der Waals surface area (Å²) < 4.78 is 45.3. The Morgan fingerprint density at radius 1 is 0.721 bits per heavy atom. The van der Waals surface area contributed by atoms with Crippen LogP contribution in [0.1, 0.15) is 93.7 Å². The van der Waals surface area contributed by atoms with Gasteiger partial charge in [-0.3, -0.25) is 4.79 Å². The summed E-state index contributed by atoms with van der Waals surface area (Å²) in [5.74, 6) is -1.29. The molecule has 2 aromatic carbocycles. The van der Waals surface area contributed by atoms with Gasteiger partial charge in [0.1, 0.15) is 18.0 Å². The van der Waals surface area contributed by atoms with E-state index in [9.17, 15) is 15.0 Å². The molecule has 0 radical (unpaired) electrons. The fourth-order valence-corrected chi connectivity index (χ4v) is 10.2. The first kappa shape index (κ1) is 53.4. The summed E-state index contributed by atoms with van der Waals surface area (Å²) in [6.07, 6.45) is -3.65. The number of aliphatic hydroxyl groups is 2. The fraction of sp³-hybridized carbons (Fsp3) is 0.729. The van der Waals surface area contributed by atoms with Gasteiger partial charge in [-0.2, -0.15) is 0 Å². The molecule has 3 rings (SSSR count). The second-order valence-electron chi connectivity index (χ2n) is 22.2. The third-order valence-corrected chi connectivity index (χ3v) is 27.7. The molecule has 0 aromatic heterocycles. The first-order valence-electron chi connectivity index (χ1n) is 22.3. The number of aliphatic hydroxyl groups excluding tert-OH is 2. The highest BCUT2D eigenvalue weighted by Gasteiger charge is 2.65. The van der Waals surface area contributed by atoms with Gasteiger partial charge in [-0.1, -0.05) is 112 Å². The molecule has 1 aliphatic rings. The zero-order chi connectivity index (χ0) is 46.4. The van der Waals surface area contributed by atoms with Crippen LogP contribution in [-0.4, -0.2) is 98.1 Å². The van der Waals surface area contributed by atoms with Crippen molar-refractivity contribution in [3.05, 3.63) is 65.7 Å².